The molecule has 4 aromatic rings. The zero-order chi connectivity index (χ0) is 20.9. The SMILES string of the molecule is CCCCCCc1ccc(-c2cc(-c3nccc4cc(F)ccc34)ccc2F)cc1. The average molecular weight is 402 g/mol. The lowest BCUT2D eigenvalue weighted by Gasteiger charge is -2.10. The summed E-state index contributed by atoms with van der Waals surface area (Å²) in [4.78, 5) is 4.49. The van der Waals surface area contributed by atoms with Crippen molar-refractivity contribution in [3.63, 3.8) is 0 Å². The van der Waals surface area contributed by atoms with Gasteiger partial charge in [0, 0.05) is 22.7 Å². The summed E-state index contributed by atoms with van der Waals surface area (Å²) in [6.07, 6.45) is 7.65. The Morgan fingerprint density at radius 2 is 1.57 bits per heavy atom. The number of halogens is 2. The molecule has 0 aliphatic heterocycles. The maximum absolute atomic E-state index is 14.7. The van der Waals surface area contributed by atoms with Gasteiger partial charge in [-0.3, -0.25) is 4.98 Å². The molecule has 152 valence electrons. The summed E-state index contributed by atoms with van der Waals surface area (Å²) in [5.74, 6) is -0.546. The van der Waals surface area contributed by atoms with Crippen LogP contribution in [-0.2, 0) is 6.42 Å². The van der Waals surface area contributed by atoms with E-state index in [-0.39, 0.29) is 11.6 Å². The third-order valence-electron chi connectivity index (χ3n) is 5.55. The number of hydrogen-bond acceptors (Lipinski definition) is 1. The molecule has 3 heteroatoms. The highest BCUT2D eigenvalue weighted by Gasteiger charge is 2.11. The van der Waals surface area contributed by atoms with Crippen LogP contribution in [0.5, 0.6) is 0 Å². The lowest BCUT2D eigenvalue weighted by atomic mass is 9.97. The molecule has 0 saturated carbocycles. The average Bonchev–Trinajstić information content (AvgIpc) is 2.77. The third-order valence-corrected chi connectivity index (χ3v) is 5.55. The highest BCUT2D eigenvalue weighted by molar-refractivity contribution is 5.95. The van der Waals surface area contributed by atoms with Gasteiger partial charge in [-0.15, -0.1) is 0 Å². The minimum absolute atomic E-state index is 0.263. The number of benzene rings is 3. The van der Waals surface area contributed by atoms with E-state index < -0.39 is 0 Å². The number of fused-ring (bicyclic) bond motifs is 1. The molecule has 1 heterocycles. The van der Waals surface area contributed by atoms with Crippen molar-refractivity contribution in [3.8, 4) is 22.4 Å². The summed E-state index contributed by atoms with van der Waals surface area (Å²) in [7, 11) is 0. The van der Waals surface area contributed by atoms with Crippen LogP contribution in [0.3, 0.4) is 0 Å². The van der Waals surface area contributed by atoms with Crippen molar-refractivity contribution >= 4 is 10.8 Å². The van der Waals surface area contributed by atoms with Crippen LogP contribution in [0.4, 0.5) is 8.78 Å². The predicted molar refractivity (Wildman–Crippen MR) is 120 cm³/mol. The largest absolute Gasteiger partial charge is 0.256 e. The van der Waals surface area contributed by atoms with E-state index in [9.17, 15) is 8.78 Å². The van der Waals surface area contributed by atoms with Crippen molar-refractivity contribution in [1.82, 2.24) is 4.98 Å². The van der Waals surface area contributed by atoms with Crippen LogP contribution in [0.25, 0.3) is 33.2 Å². The van der Waals surface area contributed by atoms with Crippen molar-refractivity contribution in [3.05, 3.63) is 90.1 Å². The molecule has 0 bridgehead atoms. The Bertz CT molecular complexity index is 1150. The number of rotatable bonds is 7. The van der Waals surface area contributed by atoms with Crippen LogP contribution in [0.15, 0.2) is 72.9 Å². The maximum Gasteiger partial charge on any atom is 0.131 e. The van der Waals surface area contributed by atoms with E-state index in [1.807, 2.05) is 18.2 Å². The van der Waals surface area contributed by atoms with Crippen molar-refractivity contribution in [2.24, 2.45) is 0 Å². The zero-order valence-corrected chi connectivity index (χ0v) is 17.2. The van der Waals surface area contributed by atoms with Gasteiger partial charge in [-0.2, -0.15) is 0 Å². The van der Waals surface area contributed by atoms with Crippen molar-refractivity contribution in [2.75, 3.05) is 0 Å². The second-order valence-corrected chi connectivity index (χ2v) is 7.73. The molecule has 0 amide bonds. The number of aryl methyl sites for hydroxylation is 1. The fraction of sp³-hybridized carbons (Fsp3) is 0.222. The number of nitrogens with zero attached hydrogens (tertiary/aromatic N) is 1. The molecule has 0 aliphatic rings. The lowest BCUT2D eigenvalue weighted by Crippen LogP contribution is -1.91. The van der Waals surface area contributed by atoms with Gasteiger partial charge in [-0.05, 0) is 71.8 Å². The summed E-state index contributed by atoms with van der Waals surface area (Å²) in [5.41, 5.74) is 4.21. The minimum Gasteiger partial charge on any atom is -0.256 e. The zero-order valence-electron chi connectivity index (χ0n) is 17.2. The minimum atomic E-state index is -0.283. The molecule has 0 fully saturated rings. The molecule has 30 heavy (non-hydrogen) atoms. The van der Waals surface area contributed by atoms with E-state index in [0.717, 1.165) is 34.0 Å². The second-order valence-electron chi connectivity index (χ2n) is 7.73. The van der Waals surface area contributed by atoms with E-state index in [4.69, 9.17) is 0 Å². The van der Waals surface area contributed by atoms with Gasteiger partial charge < -0.3 is 0 Å². The number of hydrogen-bond donors (Lipinski definition) is 0. The lowest BCUT2D eigenvalue weighted by molar-refractivity contribution is 0.629. The fourth-order valence-corrected chi connectivity index (χ4v) is 3.88. The van der Waals surface area contributed by atoms with Crippen LogP contribution in [0.1, 0.15) is 38.2 Å². The molecule has 0 saturated heterocycles. The quantitative estimate of drug-likeness (QED) is 0.286. The first-order valence-corrected chi connectivity index (χ1v) is 10.6. The van der Waals surface area contributed by atoms with Gasteiger partial charge in [0.1, 0.15) is 11.6 Å². The summed E-state index contributed by atoms with van der Waals surface area (Å²) < 4.78 is 28.2. The summed E-state index contributed by atoms with van der Waals surface area (Å²) in [6, 6.07) is 19.6. The Hall–Kier alpha value is -3.07. The van der Waals surface area contributed by atoms with E-state index in [2.05, 4.69) is 24.0 Å². The summed E-state index contributed by atoms with van der Waals surface area (Å²) >= 11 is 0. The first-order chi connectivity index (χ1) is 14.7. The molecule has 0 N–H and O–H groups in total. The molecule has 1 aromatic heterocycles. The highest BCUT2D eigenvalue weighted by atomic mass is 19.1. The second kappa shape index (κ2) is 9.17. The van der Waals surface area contributed by atoms with Crippen molar-refractivity contribution < 1.29 is 8.78 Å². The van der Waals surface area contributed by atoms with Gasteiger partial charge in [0.2, 0.25) is 0 Å². The normalized spacial score (nSPS) is 11.2. The molecule has 4 rings (SSSR count). The fourth-order valence-electron chi connectivity index (χ4n) is 3.88. The van der Waals surface area contributed by atoms with Gasteiger partial charge in [-0.1, -0.05) is 50.5 Å². The number of unbranched alkanes of at least 4 members (excludes halogenated alkanes) is 3. The van der Waals surface area contributed by atoms with E-state index in [1.165, 1.54) is 49.4 Å². The van der Waals surface area contributed by atoms with Gasteiger partial charge in [0.05, 0.1) is 5.69 Å². The standard InChI is InChI=1S/C27H25F2N/c1-2-3-4-5-6-19-7-9-20(10-8-19)25-18-22(11-14-26(25)29)27-24-13-12-23(28)17-21(24)15-16-30-27/h7-18H,2-6H2,1H3. The predicted octanol–water partition coefficient (Wildman–Crippen LogP) is 7.97. The molecule has 0 aliphatic carbocycles. The van der Waals surface area contributed by atoms with Crippen molar-refractivity contribution in [2.45, 2.75) is 39.0 Å². The molecule has 0 atom stereocenters. The van der Waals surface area contributed by atoms with Gasteiger partial charge in [-0.25, -0.2) is 8.78 Å². The van der Waals surface area contributed by atoms with Crippen LogP contribution >= 0.6 is 0 Å². The summed E-state index contributed by atoms with van der Waals surface area (Å²) in [5, 5.41) is 1.62. The van der Waals surface area contributed by atoms with Crippen LogP contribution in [0, 0.1) is 11.6 Å². The Kier molecular flexibility index (Phi) is 6.18. The van der Waals surface area contributed by atoms with E-state index in [0.29, 0.717) is 5.56 Å². The molecular formula is C27H25F2N. The Morgan fingerprint density at radius 3 is 2.37 bits per heavy atom. The van der Waals surface area contributed by atoms with Crippen LogP contribution in [0.2, 0.25) is 0 Å². The Labute approximate surface area is 176 Å². The number of aromatic nitrogens is 1. The van der Waals surface area contributed by atoms with E-state index in [1.54, 1.807) is 24.4 Å². The van der Waals surface area contributed by atoms with Gasteiger partial charge in [0.15, 0.2) is 0 Å². The number of pyridine rings is 1. The molecule has 3 aromatic carbocycles. The first-order valence-electron chi connectivity index (χ1n) is 10.6. The maximum atomic E-state index is 14.7. The third kappa shape index (κ3) is 4.40. The monoisotopic (exact) mass is 401 g/mol. The molecular weight excluding hydrogens is 376 g/mol. The van der Waals surface area contributed by atoms with Crippen LogP contribution < -0.4 is 0 Å². The first kappa shape index (κ1) is 20.2. The van der Waals surface area contributed by atoms with Gasteiger partial charge >= 0.3 is 0 Å². The Morgan fingerprint density at radius 1 is 0.767 bits per heavy atom. The molecule has 0 radical (unpaired) electrons. The molecule has 0 unspecified atom stereocenters. The Balaban J connectivity index is 1.65. The van der Waals surface area contributed by atoms with Crippen molar-refractivity contribution in [1.29, 1.82) is 0 Å². The molecule has 0 spiro atoms. The molecule has 1 nitrogen and oxygen atoms in total. The topological polar surface area (TPSA) is 12.9 Å². The van der Waals surface area contributed by atoms with Gasteiger partial charge in [0.25, 0.3) is 0 Å². The summed E-state index contributed by atoms with van der Waals surface area (Å²) in [6.45, 7) is 2.21. The van der Waals surface area contributed by atoms with Crippen LogP contribution in [-0.4, -0.2) is 4.98 Å². The smallest absolute Gasteiger partial charge is 0.131 e. The highest BCUT2D eigenvalue weighted by Crippen LogP contribution is 2.32. The van der Waals surface area contributed by atoms with E-state index >= 15 is 0 Å².